The number of phenolic OH excluding ortho intramolecular Hbond substituents is 1. The molecule has 29 heavy (non-hydrogen) atoms. The Kier molecular flexibility index (Phi) is 6.88. The number of benzene rings is 2. The molecule has 0 radical (unpaired) electrons. The summed E-state index contributed by atoms with van der Waals surface area (Å²) in [6.45, 7) is 7.78. The summed E-state index contributed by atoms with van der Waals surface area (Å²) in [7, 11) is 0. The number of phenols is 1. The highest BCUT2D eigenvalue weighted by Gasteiger charge is 2.22. The van der Waals surface area contributed by atoms with Crippen LogP contribution in [0.25, 0.3) is 0 Å². The zero-order valence-electron chi connectivity index (χ0n) is 17.1. The molecule has 154 valence electrons. The van der Waals surface area contributed by atoms with Crippen LogP contribution in [0.4, 0.5) is 0 Å². The van der Waals surface area contributed by atoms with Crippen molar-refractivity contribution in [3.63, 3.8) is 0 Å². The summed E-state index contributed by atoms with van der Waals surface area (Å²) >= 11 is 0. The first-order valence-electron chi connectivity index (χ1n) is 10.1. The Hall–Kier alpha value is -2.86. The maximum atomic E-state index is 12.5. The van der Waals surface area contributed by atoms with E-state index in [0.717, 1.165) is 25.2 Å². The van der Waals surface area contributed by atoms with Crippen molar-refractivity contribution in [1.29, 1.82) is 0 Å². The molecule has 0 aromatic heterocycles. The Bertz CT molecular complexity index is 844. The number of nitrogens with one attached hydrogen (secondary N) is 1. The zero-order chi connectivity index (χ0) is 20.8. The van der Waals surface area contributed by atoms with E-state index < -0.39 is 5.91 Å². The summed E-state index contributed by atoms with van der Waals surface area (Å²) in [5.74, 6) is -0.358. The van der Waals surface area contributed by atoms with Gasteiger partial charge in [-0.25, -0.2) is 0 Å². The third kappa shape index (κ3) is 5.57. The second kappa shape index (κ2) is 9.56. The van der Waals surface area contributed by atoms with Crippen LogP contribution in [0.1, 0.15) is 41.3 Å². The molecule has 6 heteroatoms. The number of hydrogen-bond acceptors (Lipinski definition) is 4. The molecular weight excluding hydrogens is 366 g/mol. The van der Waals surface area contributed by atoms with E-state index in [1.165, 1.54) is 11.6 Å². The SMILES string of the molecule is CC(C)c1ccc(O)c(C(=O)NCC(=O)N2CCN(Cc3ccccc3)CC2)c1. The van der Waals surface area contributed by atoms with Crippen LogP contribution >= 0.6 is 0 Å². The summed E-state index contributed by atoms with van der Waals surface area (Å²) < 4.78 is 0. The lowest BCUT2D eigenvalue weighted by molar-refractivity contribution is -0.131. The molecule has 2 aromatic carbocycles. The zero-order valence-corrected chi connectivity index (χ0v) is 17.1. The van der Waals surface area contributed by atoms with Gasteiger partial charge in [0.05, 0.1) is 12.1 Å². The maximum Gasteiger partial charge on any atom is 0.255 e. The summed E-state index contributed by atoms with van der Waals surface area (Å²) in [5.41, 5.74) is 2.44. The molecule has 1 aliphatic heterocycles. The highest BCUT2D eigenvalue weighted by atomic mass is 16.3. The van der Waals surface area contributed by atoms with E-state index in [4.69, 9.17) is 0 Å². The van der Waals surface area contributed by atoms with Gasteiger partial charge < -0.3 is 15.3 Å². The number of carbonyl (C=O) groups is 2. The lowest BCUT2D eigenvalue weighted by Crippen LogP contribution is -2.50. The quantitative estimate of drug-likeness (QED) is 0.789. The molecule has 0 unspecified atom stereocenters. The highest BCUT2D eigenvalue weighted by molar-refractivity contribution is 5.98. The molecule has 1 fully saturated rings. The Morgan fingerprint density at radius 2 is 1.72 bits per heavy atom. The van der Waals surface area contributed by atoms with Gasteiger partial charge in [-0.15, -0.1) is 0 Å². The van der Waals surface area contributed by atoms with Gasteiger partial charge in [0.1, 0.15) is 5.75 Å². The van der Waals surface area contributed by atoms with Crippen molar-refractivity contribution in [2.24, 2.45) is 0 Å². The number of piperazine rings is 1. The topological polar surface area (TPSA) is 72.9 Å². The van der Waals surface area contributed by atoms with Crippen molar-refractivity contribution in [3.05, 3.63) is 65.2 Å². The fourth-order valence-corrected chi connectivity index (χ4v) is 3.45. The molecule has 3 rings (SSSR count). The van der Waals surface area contributed by atoms with E-state index in [1.807, 2.05) is 32.0 Å². The smallest absolute Gasteiger partial charge is 0.255 e. The minimum absolute atomic E-state index is 0.0666. The van der Waals surface area contributed by atoms with Gasteiger partial charge in [-0.05, 0) is 29.2 Å². The Labute approximate surface area is 172 Å². The van der Waals surface area contributed by atoms with E-state index >= 15 is 0 Å². The number of amides is 2. The molecule has 0 bridgehead atoms. The predicted octanol–water partition coefficient (Wildman–Crippen LogP) is 2.59. The average molecular weight is 396 g/mol. The molecule has 2 N–H and O–H groups in total. The number of carbonyl (C=O) groups excluding carboxylic acids is 2. The van der Waals surface area contributed by atoms with E-state index in [1.54, 1.807) is 17.0 Å². The van der Waals surface area contributed by atoms with Crippen molar-refractivity contribution < 1.29 is 14.7 Å². The summed E-state index contributed by atoms with van der Waals surface area (Å²) in [6.07, 6.45) is 0. The summed E-state index contributed by atoms with van der Waals surface area (Å²) in [4.78, 5) is 29.0. The highest BCUT2D eigenvalue weighted by Crippen LogP contribution is 2.23. The Balaban J connectivity index is 1.48. The van der Waals surface area contributed by atoms with Gasteiger partial charge in [-0.3, -0.25) is 14.5 Å². The lowest BCUT2D eigenvalue weighted by Gasteiger charge is -2.34. The van der Waals surface area contributed by atoms with Gasteiger partial charge in [0.2, 0.25) is 5.91 Å². The molecule has 0 spiro atoms. The normalized spacial score (nSPS) is 14.8. The van der Waals surface area contributed by atoms with E-state index in [2.05, 4.69) is 22.3 Å². The predicted molar refractivity (Wildman–Crippen MR) is 113 cm³/mol. The molecule has 0 atom stereocenters. The fraction of sp³-hybridized carbons (Fsp3) is 0.391. The van der Waals surface area contributed by atoms with E-state index in [0.29, 0.717) is 13.1 Å². The number of rotatable bonds is 6. The van der Waals surface area contributed by atoms with Gasteiger partial charge in [0.15, 0.2) is 0 Å². The van der Waals surface area contributed by atoms with Gasteiger partial charge >= 0.3 is 0 Å². The van der Waals surface area contributed by atoms with Crippen LogP contribution in [0.2, 0.25) is 0 Å². The van der Waals surface area contributed by atoms with Crippen molar-refractivity contribution in [2.75, 3.05) is 32.7 Å². The largest absolute Gasteiger partial charge is 0.507 e. The molecule has 1 aliphatic rings. The first kappa shape index (κ1) is 20.9. The molecule has 2 amide bonds. The standard InChI is InChI=1S/C23H29N3O3/c1-17(2)19-8-9-21(27)20(14-19)23(29)24-15-22(28)26-12-10-25(11-13-26)16-18-6-4-3-5-7-18/h3-9,14,17,27H,10-13,15-16H2,1-2H3,(H,24,29). The van der Waals surface area contributed by atoms with Crippen LogP contribution in [-0.2, 0) is 11.3 Å². The first-order chi connectivity index (χ1) is 13.9. The Morgan fingerprint density at radius 3 is 2.38 bits per heavy atom. The number of aromatic hydroxyl groups is 1. The second-order valence-electron chi connectivity index (χ2n) is 7.76. The number of hydrogen-bond donors (Lipinski definition) is 2. The van der Waals surface area contributed by atoms with Crippen molar-refractivity contribution >= 4 is 11.8 Å². The van der Waals surface area contributed by atoms with Gasteiger partial charge in [0.25, 0.3) is 5.91 Å². The van der Waals surface area contributed by atoms with E-state index in [9.17, 15) is 14.7 Å². The molecule has 1 heterocycles. The van der Waals surface area contributed by atoms with Crippen molar-refractivity contribution in [2.45, 2.75) is 26.3 Å². The lowest BCUT2D eigenvalue weighted by atomic mass is 10.00. The number of nitrogens with zero attached hydrogens (tertiary/aromatic N) is 2. The average Bonchev–Trinajstić information content (AvgIpc) is 2.73. The minimum Gasteiger partial charge on any atom is -0.507 e. The minimum atomic E-state index is -0.430. The second-order valence-corrected chi connectivity index (χ2v) is 7.76. The van der Waals surface area contributed by atoms with Crippen molar-refractivity contribution in [3.8, 4) is 5.75 Å². The summed E-state index contributed by atoms with van der Waals surface area (Å²) in [6, 6.07) is 15.3. The first-order valence-corrected chi connectivity index (χ1v) is 10.1. The Morgan fingerprint density at radius 1 is 1.03 bits per heavy atom. The monoisotopic (exact) mass is 395 g/mol. The van der Waals surface area contributed by atoms with Crippen LogP contribution in [0, 0.1) is 0 Å². The van der Waals surface area contributed by atoms with Crippen LogP contribution < -0.4 is 5.32 Å². The van der Waals surface area contributed by atoms with Crippen LogP contribution in [0.5, 0.6) is 5.75 Å². The molecule has 6 nitrogen and oxygen atoms in total. The van der Waals surface area contributed by atoms with Gasteiger partial charge in [-0.1, -0.05) is 50.2 Å². The van der Waals surface area contributed by atoms with Crippen LogP contribution in [0.3, 0.4) is 0 Å². The van der Waals surface area contributed by atoms with E-state index in [-0.39, 0.29) is 29.7 Å². The maximum absolute atomic E-state index is 12.5. The third-order valence-corrected chi connectivity index (χ3v) is 5.31. The van der Waals surface area contributed by atoms with Crippen LogP contribution in [0.15, 0.2) is 48.5 Å². The van der Waals surface area contributed by atoms with Gasteiger partial charge in [-0.2, -0.15) is 0 Å². The van der Waals surface area contributed by atoms with Crippen molar-refractivity contribution in [1.82, 2.24) is 15.1 Å². The van der Waals surface area contributed by atoms with Gasteiger partial charge in [0, 0.05) is 32.7 Å². The molecule has 1 saturated heterocycles. The third-order valence-electron chi connectivity index (χ3n) is 5.31. The van der Waals surface area contributed by atoms with Crippen LogP contribution in [-0.4, -0.2) is 59.4 Å². The molecule has 0 aliphatic carbocycles. The molecule has 2 aromatic rings. The molecular formula is C23H29N3O3. The fourth-order valence-electron chi connectivity index (χ4n) is 3.45. The molecule has 0 saturated carbocycles. The summed E-state index contributed by atoms with van der Waals surface area (Å²) in [5, 5.41) is 12.6.